The lowest BCUT2D eigenvalue weighted by Crippen LogP contribution is -2.50. The standard InChI is InChI=1S/C17H32N2/c1-13-4-3-5-14(2)17(13)19(16-6-7-16)12-15-8-10-18-11-9-15/h13-18H,3-12H2,1-2H3. The van der Waals surface area contributed by atoms with Crippen molar-refractivity contribution in [1.29, 1.82) is 0 Å². The van der Waals surface area contributed by atoms with Gasteiger partial charge in [0.2, 0.25) is 0 Å². The van der Waals surface area contributed by atoms with Crippen LogP contribution in [0.2, 0.25) is 0 Å². The first kappa shape index (κ1) is 13.9. The highest BCUT2D eigenvalue weighted by atomic mass is 15.2. The van der Waals surface area contributed by atoms with Crippen LogP contribution in [0.1, 0.15) is 58.8 Å². The highest BCUT2D eigenvalue weighted by molar-refractivity contribution is 4.95. The van der Waals surface area contributed by atoms with E-state index in [0.29, 0.717) is 0 Å². The predicted molar refractivity (Wildman–Crippen MR) is 81.3 cm³/mol. The van der Waals surface area contributed by atoms with Crippen molar-refractivity contribution in [3.8, 4) is 0 Å². The third-order valence-electron chi connectivity index (χ3n) is 5.81. The molecule has 0 aromatic carbocycles. The number of hydrogen-bond donors (Lipinski definition) is 1. The fourth-order valence-corrected chi connectivity index (χ4v) is 4.60. The van der Waals surface area contributed by atoms with Crippen molar-refractivity contribution >= 4 is 0 Å². The third kappa shape index (κ3) is 3.33. The van der Waals surface area contributed by atoms with Gasteiger partial charge in [0.1, 0.15) is 0 Å². The van der Waals surface area contributed by atoms with Crippen LogP contribution in [0, 0.1) is 17.8 Å². The Morgan fingerprint density at radius 1 is 0.895 bits per heavy atom. The van der Waals surface area contributed by atoms with Crippen LogP contribution < -0.4 is 5.32 Å². The molecule has 1 heterocycles. The normalized spacial score (nSPS) is 37.7. The largest absolute Gasteiger partial charge is 0.317 e. The molecule has 1 saturated heterocycles. The van der Waals surface area contributed by atoms with E-state index in [1.807, 2.05) is 0 Å². The lowest BCUT2D eigenvalue weighted by atomic mass is 9.77. The summed E-state index contributed by atoms with van der Waals surface area (Å²) in [5.41, 5.74) is 0. The first-order valence-corrected chi connectivity index (χ1v) is 8.72. The van der Waals surface area contributed by atoms with E-state index in [9.17, 15) is 0 Å². The maximum absolute atomic E-state index is 3.51. The number of nitrogens with zero attached hydrogens (tertiary/aromatic N) is 1. The van der Waals surface area contributed by atoms with Gasteiger partial charge in [-0.15, -0.1) is 0 Å². The summed E-state index contributed by atoms with van der Waals surface area (Å²) in [5, 5.41) is 3.51. The van der Waals surface area contributed by atoms with E-state index in [1.165, 1.54) is 64.6 Å². The first-order chi connectivity index (χ1) is 9.25. The van der Waals surface area contributed by atoms with E-state index in [-0.39, 0.29) is 0 Å². The molecule has 1 N–H and O–H groups in total. The second-order valence-corrected chi connectivity index (χ2v) is 7.50. The minimum absolute atomic E-state index is 0.885. The molecule has 3 aliphatic rings. The maximum Gasteiger partial charge on any atom is 0.0149 e. The fraction of sp³-hybridized carbons (Fsp3) is 1.00. The van der Waals surface area contributed by atoms with E-state index in [1.54, 1.807) is 0 Å². The van der Waals surface area contributed by atoms with Crippen LogP contribution in [0.25, 0.3) is 0 Å². The zero-order valence-corrected chi connectivity index (χ0v) is 12.9. The lowest BCUT2D eigenvalue weighted by molar-refractivity contribution is 0.0450. The summed E-state index contributed by atoms with van der Waals surface area (Å²) in [7, 11) is 0. The highest BCUT2D eigenvalue weighted by Crippen LogP contribution is 2.39. The Morgan fingerprint density at radius 2 is 1.53 bits per heavy atom. The van der Waals surface area contributed by atoms with Gasteiger partial charge in [0.25, 0.3) is 0 Å². The van der Waals surface area contributed by atoms with Gasteiger partial charge < -0.3 is 5.32 Å². The molecule has 0 bridgehead atoms. The van der Waals surface area contributed by atoms with Crippen molar-refractivity contribution < 1.29 is 0 Å². The molecule has 2 aliphatic carbocycles. The number of nitrogens with one attached hydrogen (secondary N) is 1. The SMILES string of the molecule is CC1CCCC(C)C1N(CC1CCNCC1)C1CC1. The summed E-state index contributed by atoms with van der Waals surface area (Å²) < 4.78 is 0. The second-order valence-electron chi connectivity index (χ2n) is 7.50. The Morgan fingerprint density at radius 3 is 2.11 bits per heavy atom. The smallest absolute Gasteiger partial charge is 0.0149 e. The van der Waals surface area contributed by atoms with Crippen LogP contribution in [-0.2, 0) is 0 Å². The van der Waals surface area contributed by atoms with Crippen LogP contribution in [-0.4, -0.2) is 36.6 Å². The number of piperidine rings is 1. The Kier molecular flexibility index (Phi) is 4.48. The number of hydrogen-bond acceptors (Lipinski definition) is 2. The average Bonchev–Trinajstić information content (AvgIpc) is 3.23. The molecular weight excluding hydrogens is 232 g/mol. The Balaban J connectivity index is 1.65. The zero-order valence-electron chi connectivity index (χ0n) is 12.9. The number of rotatable bonds is 4. The molecule has 2 atom stereocenters. The molecule has 0 spiro atoms. The molecule has 2 saturated carbocycles. The quantitative estimate of drug-likeness (QED) is 0.838. The van der Waals surface area contributed by atoms with E-state index < -0.39 is 0 Å². The van der Waals surface area contributed by atoms with E-state index in [4.69, 9.17) is 0 Å². The molecule has 2 heteroatoms. The van der Waals surface area contributed by atoms with Crippen LogP contribution in [0.15, 0.2) is 0 Å². The predicted octanol–water partition coefficient (Wildman–Crippen LogP) is 3.28. The summed E-state index contributed by atoms with van der Waals surface area (Å²) in [5.74, 6) is 2.81. The van der Waals surface area contributed by atoms with Crippen molar-refractivity contribution in [2.45, 2.75) is 70.9 Å². The molecule has 3 rings (SSSR count). The maximum atomic E-state index is 3.51. The van der Waals surface area contributed by atoms with Crippen molar-refractivity contribution in [2.75, 3.05) is 19.6 Å². The lowest BCUT2D eigenvalue weighted by Gasteiger charge is -2.44. The van der Waals surface area contributed by atoms with Crippen molar-refractivity contribution in [3.63, 3.8) is 0 Å². The van der Waals surface area contributed by atoms with Gasteiger partial charge in [-0.2, -0.15) is 0 Å². The summed E-state index contributed by atoms with van der Waals surface area (Å²) in [6, 6.07) is 1.83. The molecule has 0 amide bonds. The van der Waals surface area contributed by atoms with E-state index in [0.717, 1.165) is 29.8 Å². The third-order valence-corrected chi connectivity index (χ3v) is 5.81. The van der Waals surface area contributed by atoms with Crippen LogP contribution in [0.5, 0.6) is 0 Å². The summed E-state index contributed by atoms with van der Waals surface area (Å²) in [6.07, 6.45) is 10.1. The zero-order chi connectivity index (χ0) is 13.2. The van der Waals surface area contributed by atoms with Crippen LogP contribution in [0.3, 0.4) is 0 Å². The molecule has 110 valence electrons. The molecule has 0 radical (unpaired) electrons. The van der Waals surface area contributed by atoms with Gasteiger partial charge in [0.05, 0.1) is 0 Å². The Labute approximate surface area is 119 Å². The van der Waals surface area contributed by atoms with Crippen molar-refractivity contribution in [3.05, 3.63) is 0 Å². The van der Waals surface area contributed by atoms with Crippen molar-refractivity contribution in [1.82, 2.24) is 10.2 Å². The minimum atomic E-state index is 0.885. The van der Waals surface area contributed by atoms with E-state index >= 15 is 0 Å². The topological polar surface area (TPSA) is 15.3 Å². The molecule has 2 unspecified atom stereocenters. The minimum Gasteiger partial charge on any atom is -0.317 e. The Hall–Kier alpha value is -0.0800. The van der Waals surface area contributed by atoms with Crippen LogP contribution >= 0.6 is 0 Å². The highest BCUT2D eigenvalue weighted by Gasteiger charge is 2.40. The summed E-state index contributed by atoms with van der Waals surface area (Å²) in [4.78, 5) is 2.96. The first-order valence-electron chi connectivity index (χ1n) is 8.72. The monoisotopic (exact) mass is 264 g/mol. The van der Waals surface area contributed by atoms with Gasteiger partial charge >= 0.3 is 0 Å². The summed E-state index contributed by atoms with van der Waals surface area (Å²) in [6.45, 7) is 8.92. The second kappa shape index (κ2) is 6.13. The molecule has 2 nitrogen and oxygen atoms in total. The molecule has 3 fully saturated rings. The molecule has 19 heavy (non-hydrogen) atoms. The average molecular weight is 264 g/mol. The molecular formula is C17H32N2. The van der Waals surface area contributed by atoms with Gasteiger partial charge in [0.15, 0.2) is 0 Å². The van der Waals surface area contributed by atoms with Gasteiger partial charge in [-0.1, -0.05) is 20.3 Å². The van der Waals surface area contributed by atoms with Gasteiger partial charge in [-0.25, -0.2) is 0 Å². The van der Waals surface area contributed by atoms with Gasteiger partial charge in [-0.3, -0.25) is 4.90 Å². The summed E-state index contributed by atoms with van der Waals surface area (Å²) >= 11 is 0. The molecule has 1 aliphatic heterocycles. The van der Waals surface area contributed by atoms with Gasteiger partial charge in [0, 0.05) is 18.6 Å². The Bertz CT molecular complexity index is 271. The molecule has 0 aromatic heterocycles. The van der Waals surface area contributed by atoms with Gasteiger partial charge in [-0.05, 0) is 69.4 Å². The fourth-order valence-electron chi connectivity index (χ4n) is 4.60. The van der Waals surface area contributed by atoms with Crippen molar-refractivity contribution in [2.24, 2.45) is 17.8 Å². The van der Waals surface area contributed by atoms with E-state index in [2.05, 4.69) is 24.1 Å². The molecule has 0 aromatic rings. The van der Waals surface area contributed by atoms with Crippen LogP contribution in [0.4, 0.5) is 0 Å².